The minimum absolute atomic E-state index is 0.156. The number of benzene rings is 2. The summed E-state index contributed by atoms with van der Waals surface area (Å²) in [6, 6.07) is 12.1. The molecule has 21 heavy (non-hydrogen) atoms. The molecule has 0 saturated carbocycles. The van der Waals surface area contributed by atoms with Gasteiger partial charge in [0.1, 0.15) is 0 Å². The zero-order valence-electron chi connectivity index (χ0n) is 12.3. The van der Waals surface area contributed by atoms with Crippen molar-refractivity contribution >= 4 is 27.5 Å². The number of hydrogen-bond acceptors (Lipinski definition) is 2. The molecule has 4 heteroatoms. The van der Waals surface area contributed by atoms with Crippen LogP contribution in [0.25, 0.3) is 0 Å². The van der Waals surface area contributed by atoms with Crippen molar-refractivity contribution in [3.05, 3.63) is 58.1 Å². The summed E-state index contributed by atoms with van der Waals surface area (Å²) in [4.78, 5) is 0.156. The fourth-order valence-corrected chi connectivity index (χ4v) is 3.48. The molecule has 112 valence electrons. The largest absolute Gasteiger partial charge is 0.493 e. The van der Waals surface area contributed by atoms with Crippen LogP contribution in [0.1, 0.15) is 21.5 Å². The van der Waals surface area contributed by atoms with Crippen LogP contribution in [0, 0.1) is 6.92 Å². The standard InChI is InChI=1S/C17H18BrClO2/c1-11-4-6-13(15(19)8-11)14(18)9-12-5-7-16(20-2)17(10-12)21-3/h4-8,10,14H,9H2,1-3H3. The van der Waals surface area contributed by atoms with E-state index in [1.165, 1.54) is 0 Å². The van der Waals surface area contributed by atoms with Crippen LogP contribution in [0.3, 0.4) is 0 Å². The predicted octanol–water partition coefficient (Wildman–Crippen LogP) is 5.34. The molecule has 0 radical (unpaired) electrons. The molecule has 0 aliphatic carbocycles. The van der Waals surface area contributed by atoms with Crippen molar-refractivity contribution in [2.24, 2.45) is 0 Å². The van der Waals surface area contributed by atoms with E-state index >= 15 is 0 Å². The Hall–Kier alpha value is -1.19. The van der Waals surface area contributed by atoms with E-state index in [2.05, 4.69) is 28.1 Å². The van der Waals surface area contributed by atoms with Crippen LogP contribution >= 0.6 is 27.5 Å². The van der Waals surface area contributed by atoms with Crippen LogP contribution in [0.4, 0.5) is 0 Å². The van der Waals surface area contributed by atoms with Crippen LogP contribution < -0.4 is 9.47 Å². The number of halogens is 2. The lowest BCUT2D eigenvalue weighted by molar-refractivity contribution is 0.354. The van der Waals surface area contributed by atoms with Crippen LogP contribution in [-0.4, -0.2) is 14.2 Å². The molecule has 0 bridgehead atoms. The number of ether oxygens (including phenoxy) is 2. The van der Waals surface area contributed by atoms with Crippen molar-refractivity contribution in [2.45, 2.75) is 18.2 Å². The molecule has 2 nitrogen and oxygen atoms in total. The summed E-state index contributed by atoms with van der Waals surface area (Å²) in [7, 11) is 3.28. The molecular formula is C17H18BrClO2. The molecule has 2 aromatic rings. The Morgan fingerprint density at radius 2 is 1.76 bits per heavy atom. The van der Waals surface area contributed by atoms with E-state index in [-0.39, 0.29) is 4.83 Å². The van der Waals surface area contributed by atoms with Crippen molar-refractivity contribution in [2.75, 3.05) is 14.2 Å². The van der Waals surface area contributed by atoms with Gasteiger partial charge in [0.15, 0.2) is 11.5 Å². The van der Waals surface area contributed by atoms with Gasteiger partial charge < -0.3 is 9.47 Å². The Labute approximate surface area is 139 Å². The van der Waals surface area contributed by atoms with Gasteiger partial charge in [-0.15, -0.1) is 0 Å². The minimum Gasteiger partial charge on any atom is -0.493 e. The number of methoxy groups -OCH3 is 2. The van der Waals surface area contributed by atoms with Crippen LogP contribution in [0.2, 0.25) is 5.02 Å². The first-order valence-corrected chi connectivity index (χ1v) is 7.95. The van der Waals surface area contributed by atoms with Crippen molar-refractivity contribution in [1.29, 1.82) is 0 Å². The van der Waals surface area contributed by atoms with Gasteiger partial charge in [-0.1, -0.05) is 45.7 Å². The highest BCUT2D eigenvalue weighted by atomic mass is 79.9. The molecule has 0 saturated heterocycles. The van der Waals surface area contributed by atoms with E-state index in [0.717, 1.165) is 39.6 Å². The molecule has 0 aliphatic heterocycles. The number of aryl methyl sites for hydroxylation is 1. The van der Waals surface area contributed by atoms with Crippen molar-refractivity contribution in [3.63, 3.8) is 0 Å². The zero-order valence-corrected chi connectivity index (χ0v) is 14.7. The molecule has 0 aliphatic rings. The molecule has 0 amide bonds. The highest BCUT2D eigenvalue weighted by molar-refractivity contribution is 9.09. The normalized spacial score (nSPS) is 12.0. The number of hydrogen-bond donors (Lipinski definition) is 0. The van der Waals surface area contributed by atoms with E-state index in [9.17, 15) is 0 Å². The summed E-state index contributed by atoms with van der Waals surface area (Å²) < 4.78 is 10.6. The van der Waals surface area contributed by atoms with Crippen molar-refractivity contribution in [1.82, 2.24) is 0 Å². The Morgan fingerprint density at radius 1 is 1.05 bits per heavy atom. The lowest BCUT2D eigenvalue weighted by Crippen LogP contribution is -1.98. The lowest BCUT2D eigenvalue weighted by atomic mass is 10.0. The monoisotopic (exact) mass is 368 g/mol. The predicted molar refractivity (Wildman–Crippen MR) is 91.1 cm³/mol. The van der Waals surface area contributed by atoms with E-state index in [1.54, 1.807) is 14.2 Å². The highest BCUT2D eigenvalue weighted by Gasteiger charge is 2.14. The van der Waals surface area contributed by atoms with E-state index in [4.69, 9.17) is 21.1 Å². The third kappa shape index (κ3) is 3.92. The van der Waals surface area contributed by atoms with Gasteiger partial charge in [0, 0.05) is 9.85 Å². The van der Waals surface area contributed by atoms with Gasteiger partial charge in [-0.2, -0.15) is 0 Å². The molecule has 0 N–H and O–H groups in total. The average Bonchev–Trinajstić information content (AvgIpc) is 2.46. The van der Waals surface area contributed by atoms with Gasteiger partial charge in [-0.05, 0) is 48.2 Å². The van der Waals surface area contributed by atoms with Gasteiger partial charge in [-0.25, -0.2) is 0 Å². The summed E-state index contributed by atoms with van der Waals surface area (Å²) in [5.41, 5.74) is 3.41. The summed E-state index contributed by atoms with van der Waals surface area (Å²) in [5.74, 6) is 1.48. The molecule has 2 aromatic carbocycles. The molecule has 1 unspecified atom stereocenters. The van der Waals surface area contributed by atoms with E-state index < -0.39 is 0 Å². The SMILES string of the molecule is COc1ccc(CC(Br)c2ccc(C)cc2Cl)cc1OC. The smallest absolute Gasteiger partial charge is 0.160 e. The molecule has 0 heterocycles. The van der Waals surface area contributed by atoms with E-state index in [0.29, 0.717) is 0 Å². The van der Waals surface area contributed by atoms with Gasteiger partial charge in [0.2, 0.25) is 0 Å². The topological polar surface area (TPSA) is 18.5 Å². The van der Waals surface area contributed by atoms with Crippen LogP contribution in [-0.2, 0) is 6.42 Å². The third-order valence-corrected chi connectivity index (χ3v) is 4.50. The van der Waals surface area contributed by atoms with Crippen molar-refractivity contribution < 1.29 is 9.47 Å². The second kappa shape index (κ2) is 7.19. The minimum atomic E-state index is 0.156. The molecule has 0 aromatic heterocycles. The van der Waals surface area contributed by atoms with Gasteiger partial charge in [0.05, 0.1) is 14.2 Å². The Bertz CT molecular complexity index is 628. The number of alkyl halides is 1. The fraction of sp³-hybridized carbons (Fsp3) is 0.294. The summed E-state index contributed by atoms with van der Waals surface area (Å²) in [6.45, 7) is 2.03. The zero-order chi connectivity index (χ0) is 15.4. The molecule has 2 rings (SSSR count). The summed E-state index contributed by atoms with van der Waals surface area (Å²) >= 11 is 10.0. The average molecular weight is 370 g/mol. The first-order chi connectivity index (χ1) is 10.0. The number of rotatable bonds is 5. The van der Waals surface area contributed by atoms with E-state index in [1.807, 2.05) is 31.2 Å². The maximum absolute atomic E-state index is 6.32. The Morgan fingerprint density at radius 3 is 2.38 bits per heavy atom. The maximum Gasteiger partial charge on any atom is 0.160 e. The quantitative estimate of drug-likeness (QED) is 0.662. The second-order valence-corrected chi connectivity index (χ2v) is 6.40. The van der Waals surface area contributed by atoms with Gasteiger partial charge >= 0.3 is 0 Å². The molecular weight excluding hydrogens is 352 g/mol. The van der Waals surface area contributed by atoms with Gasteiger partial charge in [-0.3, -0.25) is 0 Å². The highest BCUT2D eigenvalue weighted by Crippen LogP contribution is 2.35. The molecule has 1 atom stereocenters. The first kappa shape index (κ1) is 16.2. The van der Waals surface area contributed by atoms with Crippen LogP contribution in [0.15, 0.2) is 36.4 Å². The second-order valence-electron chi connectivity index (χ2n) is 4.89. The molecule has 0 fully saturated rings. The van der Waals surface area contributed by atoms with Crippen molar-refractivity contribution in [3.8, 4) is 11.5 Å². The van der Waals surface area contributed by atoms with Gasteiger partial charge in [0.25, 0.3) is 0 Å². The Kier molecular flexibility index (Phi) is 5.54. The first-order valence-electron chi connectivity index (χ1n) is 6.66. The lowest BCUT2D eigenvalue weighted by Gasteiger charge is -2.14. The summed E-state index contributed by atoms with van der Waals surface area (Å²) in [6.07, 6.45) is 0.823. The van der Waals surface area contributed by atoms with Crippen LogP contribution in [0.5, 0.6) is 11.5 Å². The fourth-order valence-electron chi connectivity index (χ4n) is 2.21. The Balaban J connectivity index is 2.21. The third-order valence-electron chi connectivity index (χ3n) is 3.36. The maximum atomic E-state index is 6.32. The summed E-state index contributed by atoms with van der Waals surface area (Å²) in [5, 5.41) is 0.789. The molecule has 0 spiro atoms.